The lowest BCUT2D eigenvalue weighted by molar-refractivity contribution is -0.140. The summed E-state index contributed by atoms with van der Waals surface area (Å²) in [7, 11) is 0. The van der Waals surface area contributed by atoms with Crippen LogP contribution in [0.15, 0.2) is 18.5 Å². The zero-order valence-electron chi connectivity index (χ0n) is 9.25. The molecule has 2 N–H and O–H groups in total. The van der Waals surface area contributed by atoms with E-state index in [1.54, 1.807) is 0 Å². The zero-order valence-corrected chi connectivity index (χ0v) is 9.25. The quantitative estimate of drug-likeness (QED) is 0.832. The third-order valence-corrected chi connectivity index (χ3v) is 2.06. The van der Waals surface area contributed by atoms with Gasteiger partial charge in [-0.15, -0.1) is 0 Å². The molecule has 0 aliphatic rings. The Morgan fingerprint density at radius 3 is 2.61 bits per heavy atom. The summed E-state index contributed by atoms with van der Waals surface area (Å²) in [5.74, 6) is -2.02. The standard InChI is InChI=1S/C10H11F4N3O/c11-8-5-16-3-1-7(8)9(18)17(4-2-15)6-10(12,13)14/h1,3,5H,2,4,6,15H2. The van der Waals surface area contributed by atoms with Crippen molar-refractivity contribution in [3.05, 3.63) is 29.8 Å². The van der Waals surface area contributed by atoms with Crippen LogP contribution in [-0.4, -0.2) is 41.6 Å². The van der Waals surface area contributed by atoms with Crippen LogP contribution in [-0.2, 0) is 0 Å². The van der Waals surface area contributed by atoms with Gasteiger partial charge in [-0.2, -0.15) is 13.2 Å². The van der Waals surface area contributed by atoms with E-state index >= 15 is 0 Å². The van der Waals surface area contributed by atoms with Crippen molar-refractivity contribution in [2.45, 2.75) is 6.18 Å². The normalized spacial score (nSPS) is 11.4. The van der Waals surface area contributed by atoms with Crippen molar-refractivity contribution in [3.63, 3.8) is 0 Å². The van der Waals surface area contributed by atoms with Gasteiger partial charge < -0.3 is 10.6 Å². The first kappa shape index (κ1) is 14.4. The van der Waals surface area contributed by atoms with E-state index in [2.05, 4.69) is 4.98 Å². The van der Waals surface area contributed by atoms with Crippen LogP contribution in [0.1, 0.15) is 10.4 Å². The predicted octanol–water partition coefficient (Wildman–Crippen LogP) is 1.18. The van der Waals surface area contributed by atoms with Gasteiger partial charge in [0.2, 0.25) is 0 Å². The van der Waals surface area contributed by atoms with Gasteiger partial charge in [0.15, 0.2) is 5.82 Å². The summed E-state index contributed by atoms with van der Waals surface area (Å²) in [6, 6.07) is 1.03. The molecular weight excluding hydrogens is 254 g/mol. The molecule has 0 aliphatic carbocycles. The maximum Gasteiger partial charge on any atom is 0.406 e. The molecule has 0 aliphatic heterocycles. The summed E-state index contributed by atoms with van der Waals surface area (Å²) in [6.07, 6.45) is -2.67. The van der Waals surface area contributed by atoms with Crippen molar-refractivity contribution in [2.24, 2.45) is 5.73 Å². The Bertz CT molecular complexity index is 422. The second-order valence-electron chi connectivity index (χ2n) is 3.49. The molecule has 0 aromatic carbocycles. The Balaban J connectivity index is 2.93. The topological polar surface area (TPSA) is 59.2 Å². The second kappa shape index (κ2) is 5.76. The Labute approximate surface area is 100 Å². The van der Waals surface area contributed by atoms with Crippen LogP contribution in [0, 0.1) is 5.82 Å². The van der Waals surface area contributed by atoms with Gasteiger partial charge in [0.05, 0.1) is 11.8 Å². The molecule has 0 atom stereocenters. The summed E-state index contributed by atoms with van der Waals surface area (Å²) >= 11 is 0. The first-order valence-electron chi connectivity index (χ1n) is 5.00. The third-order valence-electron chi connectivity index (χ3n) is 2.06. The lowest BCUT2D eigenvalue weighted by atomic mass is 10.2. The number of amides is 1. The fourth-order valence-corrected chi connectivity index (χ4v) is 1.34. The largest absolute Gasteiger partial charge is 0.406 e. The zero-order chi connectivity index (χ0) is 13.8. The van der Waals surface area contributed by atoms with E-state index in [0.29, 0.717) is 4.90 Å². The number of nitrogens with zero attached hydrogens (tertiary/aromatic N) is 2. The molecule has 1 aromatic rings. The van der Waals surface area contributed by atoms with Crippen LogP contribution in [0.3, 0.4) is 0 Å². The molecule has 1 heterocycles. The highest BCUT2D eigenvalue weighted by Crippen LogP contribution is 2.18. The number of aromatic nitrogens is 1. The molecule has 1 amide bonds. The molecule has 100 valence electrons. The number of pyridine rings is 1. The van der Waals surface area contributed by atoms with Crippen LogP contribution in [0.2, 0.25) is 0 Å². The average Bonchev–Trinajstić information content (AvgIpc) is 2.26. The van der Waals surface area contributed by atoms with Crippen molar-refractivity contribution in [1.29, 1.82) is 0 Å². The van der Waals surface area contributed by atoms with Gasteiger partial charge in [-0.3, -0.25) is 9.78 Å². The Kier molecular flexibility index (Phi) is 4.60. The maximum atomic E-state index is 13.3. The van der Waals surface area contributed by atoms with E-state index in [1.807, 2.05) is 0 Å². The van der Waals surface area contributed by atoms with Crippen molar-refractivity contribution in [2.75, 3.05) is 19.6 Å². The lowest BCUT2D eigenvalue weighted by Crippen LogP contribution is -2.42. The highest BCUT2D eigenvalue weighted by atomic mass is 19.4. The minimum absolute atomic E-state index is 0.144. The molecule has 0 unspecified atom stereocenters. The number of halogens is 4. The summed E-state index contributed by atoms with van der Waals surface area (Å²) in [5, 5.41) is 0. The van der Waals surface area contributed by atoms with E-state index in [-0.39, 0.29) is 13.1 Å². The number of rotatable bonds is 4. The minimum Gasteiger partial charge on any atom is -0.329 e. The fourth-order valence-electron chi connectivity index (χ4n) is 1.34. The number of hydrogen-bond donors (Lipinski definition) is 1. The molecular formula is C10H11F4N3O. The lowest BCUT2D eigenvalue weighted by Gasteiger charge is -2.23. The summed E-state index contributed by atoms with van der Waals surface area (Å²) in [6.45, 7) is -1.92. The molecule has 0 saturated heterocycles. The van der Waals surface area contributed by atoms with Crippen LogP contribution < -0.4 is 5.73 Å². The van der Waals surface area contributed by atoms with E-state index in [9.17, 15) is 22.4 Å². The van der Waals surface area contributed by atoms with Crippen molar-refractivity contribution < 1.29 is 22.4 Å². The van der Waals surface area contributed by atoms with Gasteiger partial charge in [-0.1, -0.05) is 0 Å². The van der Waals surface area contributed by atoms with E-state index in [1.165, 1.54) is 0 Å². The van der Waals surface area contributed by atoms with Gasteiger partial charge in [-0.05, 0) is 6.07 Å². The van der Waals surface area contributed by atoms with Crippen molar-refractivity contribution in [3.8, 4) is 0 Å². The number of hydrogen-bond acceptors (Lipinski definition) is 3. The Hall–Kier alpha value is -1.70. The van der Waals surface area contributed by atoms with Crippen LogP contribution in [0.4, 0.5) is 17.6 Å². The first-order valence-corrected chi connectivity index (χ1v) is 5.00. The molecule has 4 nitrogen and oxygen atoms in total. The molecule has 8 heteroatoms. The molecule has 18 heavy (non-hydrogen) atoms. The van der Waals surface area contributed by atoms with Crippen molar-refractivity contribution in [1.82, 2.24) is 9.88 Å². The highest BCUT2D eigenvalue weighted by Gasteiger charge is 2.33. The van der Waals surface area contributed by atoms with Crippen LogP contribution in [0.25, 0.3) is 0 Å². The van der Waals surface area contributed by atoms with Gasteiger partial charge in [0.1, 0.15) is 6.54 Å². The minimum atomic E-state index is -4.56. The highest BCUT2D eigenvalue weighted by molar-refractivity contribution is 5.94. The van der Waals surface area contributed by atoms with E-state index < -0.39 is 30.0 Å². The van der Waals surface area contributed by atoms with Gasteiger partial charge in [-0.25, -0.2) is 4.39 Å². The average molecular weight is 265 g/mol. The predicted molar refractivity (Wildman–Crippen MR) is 55.2 cm³/mol. The summed E-state index contributed by atoms with van der Waals surface area (Å²) in [5.41, 5.74) is 4.68. The number of carbonyl (C=O) groups excluding carboxylic acids is 1. The van der Waals surface area contributed by atoms with E-state index in [4.69, 9.17) is 5.73 Å². The van der Waals surface area contributed by atoms with Gasteiger partial charge in [0, 0.05) is 19.3 Å². The fraction of sp³-hybridized carbons (Fsp3) is 0.400. The smallest absolute Gasteiger partial charge is 0.329 e. The van der Waals surface area contributed by atoms with Gasteiger partial charge >= 0.3 is 6.18 Å². The molecule has 0 bridgehead atoms. The summed E-state index contributed by atoms with van der Waals surface area (Å²) in [4.78, 5) is 15.6. The first-order chi connectivity index (χ1) is 8.35. The van der Waals surface area contributed by atoms with Crippen LogP contribution >= 0.6 is 0 Å². The molecule has 0 saturated carbocycles. The number of nitrogens with two attached hydrogens (primary N) is 1. The summed E-state index contributed by atoms with van der Waals surface area (Å²) < 4.78 is 50.0. The van der Waals surface area contributed by atoms with Crippen LogP contribution in [0.5, 0.6) is 0 Å². The molecule has 0 radical (unpaired) electrons. The number of carbonyl (C=O) groups is 1. The molecule has 0 fully saturated rings. The Morgan fingerprint density at radius 1 is 1.44 bits per heavy atom. The monoisotopic (exact) mass is 265 g/mol. The third kappa shape index (κ3) is 3.95. The number of alkyl halides is 3. The van der Waals surface area contributed by atoms with Gasteiger partial charge in [0.25, 0.3) is 5.91 Å². The Morgan fingerprint density at radius 2 is 2.11 bits per heavy atom. The molecule has 0 spiro atoms. The maximum absolute atomic E-state index is 13.3. The molecule has 1 aromatic heterocycles. The van der Waals surface area contributed by atoms with E-state index in [0.717, 1.165) is 18.5 Å². The SMILES string of the molecule is NCCN(CC(F)(F)F)C(=O)c1ccncc1F. The molecule has 1 rings (SSSR count). The second-order valence-corrected chi connectivity index (χ2v) is 3.49. The van der Waals surface area contributed by atoms with Crippen molar-refractivity contribution >= 4 is 5.91 Å².